The molecule has 18 heavy (non-hydrogen) atoms. The van der Waals surface area contributed by atoms with Crippen LogP contribution in [0.3, 0.4) is 0 Å². The van der Waals surface area contributed by atoms with Gasteiger partial charge >= 0.3 is 0 Å². The van der Waals surface area contributed by atoms with Crippen LogP contribution in [0.25, 0.3) is 0 Å². The Hall–Kier alpha value is -1.04. The molecule has 5 heteroatoms. The van der Waals surface area contributed by atoms with E-state index in [0.717, 1.165) is 6.07 Å². The van der Waals surface area contributed by atoms with E-state index in [1.807, 2.05) is 11.8 Å². The molecule has 2 atom stereocenters. The third kappa shape index (κ3) is 4.01. The third-order valence-electron chi connectivity index (χ3n) is 2.80. The lowest BCUT2D eigenvalue weighted by Gasteiger charge is -2.23. The number of aliphatic hydroxyl groups excluding tert-OH is 1. The molecule has 102 valence electrons. The fourth-order valence-corrected chi connectivity index (χ4v) is 1.76. The zero-order valence-electron chi connectivity index (χ0n) is 10.9. The molecule has 0 amide bonds. The number of ether oxygens (including phenoxy) is 1. The summed E-state index contributed by atoms with van der Waals surface area (Å²) in [5, 5.41) is 9.89. The molecule has 1 N–H and O–H groups in total. The van der Waals surface area contributed by atoms with Gasteiger partial charge in [-0.05, 0) is 20.0 Å². The van der Waals surface area contributed by atoms with Crippen LogP contribution in [-0.2, 0) is 4.74 Å². The third-order valence-corrected chi connectivity index (χ3v) is 2.80. The quantitative estimate of drug-likeness (QED) is 0.847. The average molecular weight is 259 g/mol. The predicted molar refractivity (Wildman–Crippen MR) is 65.3 cm³/mol. The maximum absolute atomic E-state index is 13.5. The molecule has 1 aromatic carbocycles. The van der Waals surface area contributed by atoms with E-state index in [4.69, 9.17) is 4.74 Å². The standard InChI is InChI=1S/C13H19F2NO2/c1-9(18-3)7-16(2)8-12(17)10-5-4-6-11(14)13(10)15/h4-6,9,12,17H,7-8H2,1-3H3. The largest absolute Gasteiger partial charge is 0.387 e. The number of methoxy groups -OCH3 is 1. The van der Waals surface area contributed by atoms with Crippen molar-refractivity contribution >= 4 is 0 Å². The van der Waals surface area contributed by atoms with Crippen LogP contribution in [0.2, 0.25) is 0 Å². The summed E-state index contributed by atoms with van der Waals surface area (Å²) >= 11 is 0. The molecule has 0 aliphatic rings. The van der Waals surface area contributed by atoms with E-state index in [-0.39, 0.29) is 18.2 Å². The first-order chi connectivity index (χ1) is 8.45. The normalized spacial score (nSPS) is 14.8. The Labute approximate surface area is 106 Å². The minimum atomic E-state index is -1.06. The summed E-state index contributed by atoms with van der Waals surface area (Å²) in [7, 11) is 3.39. The SMILES string of the molecule is COC(C)CN(C)CC(O)c1cccc(F)c1F. The highest BCUT2D eigenvalue weighted by Crippen LogP contribution is 2.19. The van der Waals surface area contributed by atoms with Crippen molar-refractivity contribution in [2.45, 2.75) is 19.1 Å². The highest BCUT2D eigenvalue weighted by atomic mass is 19.2. The Morgan fingerprint density at radius 1 is 1.33 bits per heavy atom. The maximum atomic E-state index is 13.5. The van der Waals surface area contributed by atoms with Crippen LogP contribution in [0.4, 0.5) is 8.78 Å². The van der Waals surface area contributed by atoms with E-state index in [1.165, 1.54) is 12.1 Å². The summed E-state index contributed by atoms with van der Waals surface area (Å²) in [6, 6.07) is 3.80. The van der Waals surface area contributed by atoms with Gasteiger partial charge in [-0.1, -0.05) is 12.1 Å². The number of nitrogens with zero attached hydrogens (tertiary/aromatic N) is 1. The van der Waals surface area contributed by atoms with Crippen molar-refractivity contribution in [2.75, 3.05) is 27.2 Å². The zero-order chi connectivity index (χ0) is 13.7. The van der Waals surface area contributed by atoms with E-state index >= 15 is 0 Å². The lowest BCUT2D eigenvalue weighted by atomic mass is 10.1. The van der Waals surface area contributed by atoms with E-state index in [1.54, 1.807) is 14.2 Å². The highest BCUT2D eigenvalue weighted by molar-refractivity contribution is 5.21. The smallest absolute Gasteiger partial charge is 0.164 e. The Bertz CT molecular complexity index is 387. The van der Waals surface area contributed by atoms with Gasteiger partial charge < -0.3 is 14.7 Å². The van der Waals surface area contributed by atoms with Gasteiger partial charge in [0.25, 0.3) is 0 Å². The van der Waals surface area contributed by atoms with Crippen LogP contribution in [-0.4, -0.2) is 43.4 Å². The molecule has 3 nitrogen and oxygen atoms in total. The van der Waals surface area contributed by atoms with Gasteiger partial charge in [0.1, 0.15) is 0 Å². The number of likely N-dealkylation sites (N-methyl/N-ethyl adjacent to an activating group) is 1. The van der Waals surface area contributed by atoms with Crippen LogP contribution >= 0.6 is 0 Å². The number of benzene rings is 1. The molecule has 0 aromatic heterocycles. The highest BCUT2D eigenvalue weighted by Gasteiger charge is 2.18. The number of halogens is 2. The molecular formula is C13H19F2NO2. The molecule has 1 aromatic rings. The fraction of sp³-hybridized carbons (Fsp3) is 0.538. The summed E-state index contributed by atoms with van der Waals surface area (Å²) in [5.74, 6) is -1.93. The first kappa shape index (κ1) is 15.0. The predicted octanol–water partition coefficient (Wildman–Crippen LogP) is 1.96. The van der Waals surface area contributed by atoms with Crippen LogP contribution in [0.1, 0.15) is 18.6 Å². The van der Waals surface area contributed by atoms with Crippen molar-refractivity contribution in [1.82, 2.24) is 4.90 Å². The summed E-state index contributed by atoms with van der Waals surface area (Å²) in [6.07, 6.45) is -1.05. The van der Waals surface area contributed by atoms with Gasteiger partial charge in [-0.2, -0.15) is 0 Å². The second-order valence-corrected chi connectivity index (χ2v) is 4.43. The van der Waals surface area contributed by atoms with Crippen molar-refractivity contribution in [2.24, 2.45) is 0 Å². The number of aliphatic hydroxyl groups is 1. The van der Waals surface area contributed by atoms with Crippen LogP contribution in [0.15, 0.2) is 18.2 Å². The van der Waals surface area contributed by atoms with Gasteiger partial charge in [0.05, 0.1) is 12.2 Å². The van der Waals surface area contributed by atoms with Crippen molar-refractivity contribution in [1.29, 1.82) is 0 Å². The summed E-state index contributed by atoms with van der Waals surface area (Å²) in [5.41, 5.74) is -0.0214. The van der Waals surface area contributed by atoms with E-state index < -0.39 is 17.7 Å². The molecule has 0 saturated heterocycles. The number of hydrogen-bond acceptors (Lipinski definition) is 3. The molecule has 2 unspecified atom stereocenters. The minimum absolute atomic E-state index is 0.0135. The average Bonchev–Trinajstić information content (AvgIpc) is 2.32. The van der Waals surface area contributed by atoms with Gasteiger partial charge in [0, 0.05) is 25.8 Å². The van der Waals surface area contributed by atoms with Crippen molar-refractivity contribution in [3.05, 3.63) is 35.4 Å². The Morgan fingerprint density at radius 2 is 2.00 bits per heavy atom. The summed E-state index contributed by atoms with van der Waals surface area (Å²) < 4.78 is 31.6. The first-order valence-corrected chi connectivity index (χ1v) is 5.79. The van der Waals surface area contributed by atoms with Crippen LogP contribution in [0.5, 0.6) is 0 Å². The molecule has 0 spiro atoms. The molecule has 0 aliphatic heterocycles. The monoisotopic (exact) mass is 259 g/mol. The van der Waals surface area contributed by atoms with Crippen LogP contribution < -0.4 is 0 Å². The first-order valence-electron chi connectivity index (χ1n) is 5.79. The van der Waals surface area contributed by atoms with Gasteiger partial charge in [-0.15, -0.1) is 0 Å². The Kier molecular flexibility index (Phi) is 5.65. The van der Waals surface area contributed by atoms with Crippen LogP contribution in [0, 0.1) is 11.6 Å². The number of hydrogen-bond donors (Lipinski definition) is 1. The maximum Gasteiger partial charge on any atom is 0.164 e. The van der Waals surface area contributed by atoms with E-state index in [0.29, 0.717) is 6.54 Å². The molecule has 0 aliphatic carbocycles. The summed E-state index contributed by atoms with van der Waals surface area (Å²) in [6.45, 7) is 2.71. The lowest BCUT2D eigenvalue weighted by Crippen LogP contribution is -2.32. The Balaban J connectivity index is 2.65. The molecule has 0 heterocycles. The Morgan fingerprint density at radius 3 is 2.61 bits per heavy atom. The zero-order valence-corrected chi connectivity index (χ0v) is 10.9. The second-order valence-electron chi connectivity index (χ2n) is 4.43. The van der Waals surface area contributed by atoms with E-state index in [2.05, 4.69) is 0 Å². The lowest BCUT2D eigenvalue weighted by molar-refractivity contribution is 0.0615. The molecule has 0 fully saturated rings. The van der Waals surface area contributed by atoms with Crippen molar-refractivity contribution in [3.8, 4) is 0 Å². The van der Waals surface area contributed by atoms with Crippen molar-refractivity contribution < 1.29 is 18.6 Å². The molecule has 0 radical (unpaired) electrons. The number of rotatable bonds is 6. The van der Waals surface area contributed by atoms with E-state index in [9.17, 15) is 13.9 Å². The van der Waals surface area contributed by atoms with Crippen molar-refractivity contribution in [3.63, 3.8) is 0 Å². The minimum Gasteiger partial charge on any atom is -0.387 e. The van der Waals surface area contributed by atoms with Gasteiger partial charge in [-0.3, -0.25) is 0 Å². The molecule has 0 saturated carbocycles. The molecule has 0 bridgehead atoms. The molecular weight excluding hydrogens is 240 g/mol. The van der Waals surface area contributed by atoms with Gasteiger partial charge in [0.2, 0.25) is 0 Å². The van der Waals surface area contributed by atoms with Gasteiger partial charge in [-0.25, -0.2) is 8.78 Å². The van der Waals surface area contributed by atoms with Gasteiger partial charge in [0.15, 0.2) is 11.6 Å². The fourth-order valence-electron chi connectivity index (χ4n) is 1.76. The second kappa shape index (κ2) is 6.78. The molecule has 1 rings (SSSR count). The summed E-state index contributed by atoms with van der Waals surface area (Å²) in [4.78, 5) is 1.81. The topological polar surface area (TPSA) is 32.7 Å².